The van der Waals surface area contributed by atoms with Crippen molar-refractivity contribution in [3.8, 4) is 5.75 Å². The van der Waals surface area contributed by atoms with Crippen LogP contribution in [0.25, 0.3) is 0 Å². The summed E-state index contributed by atoms with van der Waals surface area (Å²) in [7, 11) is 1.56. The van der Waals surface area contributed by atoms with Crippen LogP contribution in [0.1, 0.15) is 20.3 Å². The zero-order valence-electron chi connectivity index (χ0n) is 11.1. The van der Waals surface area contributed by atoms with Crippen LogP contribution in [-0.2, 0) is 4.79 Å². The lowest BCUT2D eigenvalue weighted by Crippen LogP contribution is -2.38. The summed E-state index contributed by atoms with van der Waals surface area (Å²) >= 11 is 0. The summed E-state index contributed by atoms with van der Waals surface area (Å²) in [6.07, 6.45) is 0.916. The molecule has 0 aromatic heterocycles. The molecule has 0 aliphatic carbocycles. The number of amides is 1. The number of carbonyl (C=O) groups is 1. The molecule has 0 saturated carbocycles. The molecule has 1 aromatic rings. The second kappa shape index (κ2) is 6.74. The largest absolute Gasteiger partial charge is 0.495 e. The Bertz CT molecular complexity index is 407. The monoisotopic (exact) mass is 251 g/mol. The van der Waals surface area contributed by atoms with Crippen molar-refractivity contribution in [2.75, 3.05) is 24.7 Å². The normalized spacial score (nSPS) is 11.7. The van der Waals surface area contributed by atoms with Gasteiger partial charge in [-0.1, -0.05) is 13.0 Å². The van der Waals surface area contributed by atoms with Gasteiger partial charge in [0.05, 0.1) is 18.5 Å². The number of ether oxygens (including phenoxy) is 1. The minimum atomic E-state index is -0.342. The maximum Gasteiger partial charge on any atom is 0.242 e. The van der Waals surface area contributed by atoms with Gasteiger partial charge in [-0.15, -0.1) is 0 Å². The van der Waals surface area contributed by atoms with E-state index in [4.69, 9.17) is 10.5 Å². The minimum Gasteiger partial charge on any atom is -0.495 e. The van der Waals surface area contributed by atoms with Crippen LogP contribution in [0.5, 0.6) is 5.75 Å². The highest BCUT2D eigenvalue weighted by atomic mass is 16.5. The van der Waals surface area contributed by atoms with Gasteiger partial charge in [-0.3, -0.25) is 4.79 Å². The van der Waals surface area contributed by atoms with Gasteiger partial charge >= 0.3 is 0 Å². The number of anilines is 2. The molecule has 0 heterocycles. The van der Waals surface area contributed by atoms with Crippen LogP contribution in [0.3, 0.4) is 0 Å². The van der Waals surface area contributed by atoms with Gasteiger partial charge in [-0.05, 0) is 25.5 Å². The van der Waals surface area contributed by atoms with Gasteiger partial charge in [0.15, 0.2) is 0 Å². The van der Waals surface area contributed by atoms with Crippen molar-refractivity contribution in [3.63, 3.8) is 0 Å². The number of nitrogens with one attached hydrogen (secondary N) is 2. The molecule has 1 atom stereocenters. The smallest absolute Gasteiger partial charge is 0.242 e. The third-order valence-electron chi connectivity index (χ3n) is 2.60. The molecule has 18 heavy (non-hydrogen) atoms. The number of benzene rings is 1. The zero-order valence-corrected chi connectivity index (χ0v) is 11.1. The van der Waals surface area contributed by atoms with Crippen LogP contribution < -0.4 is 21.1 Å². The van der Waals surface area contributed by atoms with Crippen LogP contribution in [0.2, 0.25) is 0 Å². The molecule has 0 bridgehead atoms. The maximum absolute atomic E-state index is 11.7. The number of hydrogen-bond donors (Lipinski definition) is 3. The highest BCUT2D eigenvalue weighted by molar-refractivity contribution is 5.86. The van der Waals surface area contributed by atoms with Crippen LogP contribution in [0.15, 0.2) is 18.2 Å². The van der Waals surface area contributed by atoms with E-state index in [1.807, 2.05) is 19.1 Å². The molecular formula is C13H21N3O2. The Labute approximate surface area is 108 Å². The first-order valence-corrected chi connectivity index (χ1v) is 6.06. The molecule has 5 nitrogen and oxygen atoms in total. The fraction of sp³-hybridized carbons (Fsp3) is 0.462. The zero-order chi connectivity index (χ0) is 13.5. The number of hydrogen-bond acceptors (Lipinski definition) is 4. The van der Waals surface area contributed by atoms with Crippen molar-refractivity contribution in [1.82, 2.24) is 5.32 Å². The predicted molar refractivity (Wildman–Crippen MR) is 73.8 cm³/mol. The van der Waals surface area contributed by atoms with Gasteiger partial charge < -0.3 is 21.1 Å². The lowest BCUT2D eigenvalue weighted by molar-refractivity contribution is -0.121. The van der Waals surface area contributed by atoms with Gasteiger partial charge in [0.1, 0.15) is 11.8 Å². The van der Waals surface area contributed by atoms with E-state index < -0.39 is 0 Å². The number of methoxy groups -OCH3 is 1. The number of rotatable bonds is 6. The number of carbonyl (C=O) groups excluding carboxylic acids is 1. The average Bonchev–Trinajstić information content (AvgIpc) is 2.38. The Balaban J connectivity index is 2.69. The van der Waals surface area contributed by atoms with Gasteiger partial charge in [-0.2, -0.15) is 0 Å². The van der Waals surface area contributed by atoms with E-state index in [1.54, 1.807) is 20.1 Å². The van der Waals surface area contributed by atoms with E-state index >= 15 is 0 Å². The summed E-state index contributed by atoms with van der Waals surface area (Å²) in [6.45, 7) is 4.49. The molecule has 4 N–H and O–H groups in total. The predicted octanol–water partition coefficient (Wildman–Crippen LogP) is 1.60. The Morgan fingerprint density at radius 3 is 2.83 bits per heavy atom. The number of nitrogen functional groups attached to an aromatic ring is 1. The standard InChI is InChI=1S/C13H21N3O2/c1-4-8-15-13(17)9(2)16-10-6-5-7-11(18-3)12(10)14/h5-7,9,16H,4,8,14H2,1-3H3,(H,15,17). The fourth-order valence-corrected chi connectivity index (χ4v) is 1.55. The van der Waals surface area contributed by atoms with Crippen molar-refractivity contribution in [2.24, 2.45) is 0 Å². The second-order valence-electron chi connectivity index (χ2n) is 4.08. The molecule has 0 saturated heterocycles. The molecule has 0 spiro atoms. The summed E-state index contributed by atoms with van der Waals surface area (Å²) in [5.74, 6) is 0.556. The minimum absolute atomic E-state index is 0.0425. The van der Waals surface area contributed by atoms with E-state index in [1.165, 1.54) is 0 Å². The molecule has 1 rings (SSSR count). The van der Waals surface area contributed by atoms with Crippen LogP contribution in [0.4, 0.5) is 11.4 Å². The van der Waals surface area contributed by atoms with Crippen LogP contribution >= 0.6 is 0 Å². The highest BCUT2D eigenvalue weighted by Crippen LogP contribution is 2.29. The SMILES string of the molecule is CCCNC(=O)C(C)Nc1cccc(OC)c1N. The van der Waals surface area contributed by atoms with Crippen molar-refractivity contribution < 1.29 is 9.53 Å². The molecular weight excluding hydrogens is 230 g/mol. The van der Waals surface area contributed by atoms with Gasteiger partial charge in [0, 0.05) is 6.54 Å². The number of nitrogens with two attached hydrogens (primary N) is 1. The maximum atomic E-state index is 11.7. The molecule has 100 valence electrons. The first-order chi connectivity index (χ1) is 8.60. The average molecular weight is 251 g/mol. The lowest BCUT2D eigenvalue weighted by atomic mass is 10.2. The summed E-state index contributed by atoms with van der Waals surface area (Å²) < 4.78 is 5.13. The Morgan fingerprint density at radius 1 is 1.50 bits per heavy atom. The first kappa shape index (κ1) is 14.2. The molecule has 0 radical (unpaired) electrons. The van der Waals surface area contributed by atoms with Crippen LogP contribution in [0, 0.1) is 0 Å². The fourth-order valence-electron chi connectivity index (χ4n) is 1.55. The Hall–Kier alpha value is -1.91. The van der Waals surface area contributed by atoms with Crippen molar-refractivity contribution >= 4 is 17.3 Å². The molecule has 1 unspecified atom stereocenters. The molecule has 0 fully saturated rings. The van der Waals surface area contributed by atoms with Crippen molar-refractivity contribution in [3.05, 3.63) is 18.2 Å². The van der Waals surface area contributed by atoms with E-state index in [-0.39, 0.29) is 11.9 Å². The lowest BCUT2D eigenvalue weighted by Gasteiger charge is -2.17. The summed E-state index contributed by atoms with van der Waals surface area (Å²) in [6, 6.07) is 5.09. The number of para-hydroxylation sites is 1. The van der Waals surface area contributed by atoms with Gasteiger partial charge in [0.25, 0.3) is 0 Å². The third kappa shape index (κ3) is 3.55. The highest BCUT2D eigenvalue weighted by Gasteiger charge is 2.14. The first-order valence-electron chi connectivity index (χ1n) is 6.06. The summed E-state index contributed by atoms with van der Waals surface area (Å²) in [5.41, 5.74) is 7.13. The second-order valence-corrected chi connectivity index (χ2v) is 4.08. The van der Waals surface area contributed by atoms with Crippen molar-refractivity contribution in [2.45, 2.75) is 26.3 Å². The van der Waals surface area contributed by atoms with E-state index in [2.05, 4.69) is 10.6 Å². The van der Waals surface area contributed by atoms with E-state index in [0.29, 0.717) is 23.7 Å². The van der Waals surface area contributed by atoms with Gasteiger partial charge in [-0.25, -0.2) is 0 Å². The molecule has 0 aliphatic heterocycles. The van der Waals surface area contributed by atoms with Crippen molar-refractivity contribution in [1.29, 1.82) is 0 Å². The topological polar surface area (TPSA) is 76.4 Å². The Kier molecular flexibility index (Phi) is 5.30. The van der Waals surface area contributed by atoms with E-state index in [0.717, 1.165) is 6.42 Å². The molecule has 1 amide bonds. The summed E-state index contributed by atoms with van der Waals surface area (Å²) in [4.78, 5) is 11.7. The molecule has 5 heteroatoms. The quantitative estimate of drug-likeness (QED) is 0.671. The third-order valence-corrected chi connectivity index (χ3v) is 2.60. The summed E-state index contributed by atoms with van der Waals surface area (Å²) in [5, 5.41) is 5.90. The van der Waals surface area contributed by atoms with E-state index in [9.17, 15) is 4.79 Å². The van der Waals surface area contributed by atoms with Gasteiger partial charge in [0.2, 0.25) is 5.91 Å². The molecule has 1 aromatic carbocycles. The Morgan fingerprint density at radius 2 is 2.22 bits per heavy atom. The molecule has 0 aliphatic rings. The van der Waals surface area contributed by atoms with Crippen LogP contribution in [-0.4, -0.2) is 25.6 Å².